The minimum atomic E-state index is -0.836. The van der Waals surface area contributed by atoms with Crippen LogP contribution in [0.2, 0.25) is 0 Å². The van der Waals surface area contributed by atoms with Crippen molar-refractivity contribution in [2.75, 3.05) is 19.7 Å². The van der Waals surface area contributed by atoms with Crippen LogP contribution in [0.3, 0.4) is 0 Å². The molecule has 0 aliphatic carbocycles. The summed E-state index contributed by atoms with van der Waals surface area (Å²) < 4.78 is 21.3. The second-order valence-corrected chi connectivity index (χ2v) is 8.36. The van der Waals surface area contributed by atoms with Crippen molar-refractivity contribution in [3.8, 4) is 0 Å². The number of aryl methyl sites for hydroxylation is 1. The number of amides is 1. The average molecular weight is 423 g/mol. The Labute approximate surface area is 181 Å². The maximum atomic E-state index is 14.2. The first-order valence-electron chi connectivity index (χ1n) is 11.9. The van der Waals surface area contributed by atoms with Crippen molar-refractivity contribution in [2.45, 2.75) is 96.7 Å². The van der Waals surface area contributed by atoms with E-state index in [1.165, 1.54) is 38.5 Å². The van der Waals surface area contributed by atoms with Crippen LogP contribution >= 0.6 is 0 Å². The number of ether oxygens (including phenoxy) is 1. The predicted molar refractivity (Wildman–Crippen MR) is 117 cm³/mol. The minimum Gasteiger partial charge on any atom is -0.459 e. The summed E-state index contributed by atoms with van der Waals surface area (Å²) in [6.07, 6.45) is 13.1. The van der Waals surface area contributed by atoms with Gasteiger partial charge < -0.3 is 14.2 Å². The summed E-state index contributed by atoms with van der Waals surface area (Å²) in [6, 6.07) is 3.49. The van der Waals surface area contributed by atoms with Crippen molar-refractivity contribution in [1.82, 2.24) is 9.47 Å². The van der Waals surface area contributed by atoms with E-state index in [2.05, 4.69) is 6.92 Å². The summed E-state index contributed by atoms with van der Waals surface area (Å²) in [7, 11) is 0. The Morgan fingerprint density at radius 2 is 1.83 bits per heavy atom. The molecule has 0 N–H and O–H groups in total. The van der Waals surface area contributed by atoms with Gasteiger partial charge in [-0.3, -0.25) is 4.79 Å². The molecule has 2 rings (SSSR count). The molecular weight excluding hydrogens is 383 g/mol. The first-order chi connectivity index (χ1) is 14.6. The normalized spacial score (nSPS) is 15.0. The number of likely N-dealkylation sites (tertiary alicyclic amines) is 1. The molecule has 0 radical (unpaired) electrons. The molecule has 1 aromatic heterocycles. The van der Waals surface area contributed by atoms with Crippen LogP contribution in [-0.4, -0.2) is 47.2 Å². The third kappa shape index (κ3) is 8.88. The number of alkyl halides is 1. The molecule has 1 saturated heterocycles. The molecule has 0 spiro atoms. The van der Waals surface area contributed by atoms with Gasteiger partial charge in [-0.25, -0.2) is 9.18 Å². The highest BCUT2D eigenvalue weighted by Gasteiger charge is 2.20. The maximum Gasteiger partial charge on any atom is 0.355 e. The Bertz CT molecular complexity index is 632. The van der Waals surface area contributed by atoms with Gasteiger partial charge in [0.2, 0.25) is 5.91 Å². The van der Waals surface area contributed by atoms with Crippen molar-refractivity contribution in [2.24, 2.45) is 0 Å². The van der Waals surface area contributed by atoms with Crippen LogP contribution in [0.25, 0.3) is 0 Å². The molecule has 1 aliphatic heterocycles. The Kier molecular flexibility index (Phi) is 11.6. The van der Waals surface area contributed by atoms with E-state index in [9.17, 15) is 14.0 Å². The third-order valence-corrected chi connectivity index (χ3v) is 5.86. The van der Waals surface area contributed by atoms with Gasteiger partial charge in [-0.05, 0) is 31.4 Å². The van der Waals surface area contributed by atoms with Crippen LogP contribution in [0.5, 0.6) is 0 Å². The van der Waals surface area contributed by atoms with Gasteiger partial charge in [-0.15, -0.1) is 0 Å². The summed E-state index contributed by atoms with van der Waals surface area (Å²) in [5.74, 6) is -0.287. The smallest absolute Gasteiger partial charge is 0.355 e. The van der Waals surface area contributed by atoms with Crippen LogP contribution in [0.1, 0.15) is 94.5 Å². The van der Waals surface area contributed by atoms with E-state index in [1.54, 1.807) is 27.8 Å². The third-order valence-electron chi connectivity index (χ3n) is 5.86. The molecule has 1 amide bonds. The van der Waals surface area contributed by atoms with Crippen molar-refractivity contribution in [3.05, 3.63) is 24.0 Å². The largest absolute Gasteiger partial charge is 0.459 e. The number of halogens is 1. The fraction of sp³-hybridized carbons (Fsp3) is 0.750. The summed E-state index contributed by atoms with van der Waals surface area (Å²) in [6.45, 7) is 4.07. The maximum absolute atomic E-state index is 14.2. The number of carbonyl (C=O) groups is 2. The quantitative estimate of drug-likeness (QED) is 0.260. The molecule has 0 aromatic carbocycles. The zero-order valence-electron chi connectivity index (χ0n) is 18.6. The van der Waals surface area contributed by atoms with Crippen molar-refractivity contribution in [3.63, 3.8) is 0 Å². The van der Waals surface area contributed by atoms with E-state index in [-0.39, 0.29) is 12.5 Å². The van der Waals surface area contributed by atoms with E-state index in [0.29, 0.717) is 38.0 Å². The highest BCUT2D eigenvalue weighted by molar-refractivity contribution is 5.87. The lowest BCUT2D eigenvalue weighted by molar-refractivity contribution is -0.128. The number of rotatable bonds is 16. The number of hydrogen-bond acceptors (Lipinski definition) is 3. The Hall–Kier alpha value is -1.85. The van der Waals surface area contributed by atoms with Crippen LogP contribution in [0, 0.1) is 0 Å². The van der Waals surface area contributed by atoms with Crippen molar-refractivity contribution >= 4 is 11.9 Å². The van der Waals surface area contributed by atoms with Crippen LogP contribution < -0.4 is 0 Å². The predicted octanol–water partition coefficient (Wildman–Crippen LogP) is 5.53. The van der Waals surface area contributed by atoms with Crippen LogP contribution in [0.15, 0.2) is 18.3 Å². The average Bonchev–Trinajstić information content (AvgIpc) is 3.37. The fourth-order valence-electron chi connectivity index (χ4n) is 3.98. The van der Waals surface area contributed by atoms with Gasteiger partial charge in [-0.2, -0.15) is 0 Å². The van der Waals surface area contributed by atoms with E-state index >= 15 is 0 Å². The summed E-state index contributed by atoms with van der Waals surface area (Å²) in [5.41, 5.74) is 0.446. The Morgan fingerprint density at radius 3 is 2.53 bits per heavy atom. The Morgan fingerprint density at radius 1 is 1.10 bits per heavy atom. The second-order valence-electron chi connectivity index (χ2n) is 8.36. The van der Waals surface area contributed by atoms with Gasteiger partial charge in [0.1, 0.15) is 18.5 Å². The van der Waals surface area contributed by atoms with Gasteiger partial charge in [0.25, 0.3) is 0 Å². The zero-order valence-corrected chi connectivity index (χ0v) is 18.6. The first-order valence-corrected chi connectivity index (χ1v) is 11.9. The molecule has 1 atom stereocenters. The lowest BCUT2D eigenvalue weighted by atomic mass is 10.1. The SMILES string of the molecule is CCCCCCCCCCC(F)CCn1cccc1C(=O)OCCN1CCCC1=O. The molecule has 170 valence electrons. The molecule has 0 saturated carbocycles. The topological polar surface area (TPSA) is 51.5 Å². The molecule has 0 bridgehead atoms. The van der Waals surface area contributed by atoms with Gasteiger partial charge in [0.15, 0.2) is 0 Å². The molecule has 5 nitrogen and oxygen atoms in total. The highest BCUT2D eigenvalue weighted by Crippen LogP contribution is 2.15. The Balaban J connectivity index is 1.59. The van der Waals surface area contributed by atoms with Crippen LogP contribution in [-0.2, 0) is 16.1 Å². The van der Waals surface area contributed by atoms with Gasteiger partial charge in [0, 0.05) is 25.7 Å². The van der Waals surface area contributed by atoms with Crippen LogP contribution in [0.4, 0.5) is 4.39 Å². The number of aromatic nitrogens is 1. The zero-order chi connectivity index (χ0) is 21.6. The number of nitrogens with zero attached hydrogens (tertiary/aromatic N) is 2. The molecule has 1 aromatic rings. The standard InChI is InChI=1S/C24H39FN2O3/c1-2-3-4-5-6-7-8-9-12-21(25)15-18-26-16-10-13-22(26)24(29)30-20-19-27-17-11-14-23(27)28/h10,13,16,21H,2-9,11-12,14-15,17-20H2,1H3. The number of unbranched alkanes of at least 4 members (excludes halogenated alkanes) is 7. The first kappa shape index (κ1) is 24.4. The molecule has 1 aliphatic rings. The molecular formula is C24H39FN2O3. The van der Waals surface area contributed by atoms with Crippen molar-refractivity contribution in [1.29, 1.82) is 0 Å². The fourth-order valence-corrected chi connectivity index (χ4v) is 3.98. The van der Waals surface area contributed by atoms with E-state index < -0.39 is 12.1 Å². The monoisotopic (exact) mass is 422 g/mol. The van der Waals surface area contributed by atoms with E-state index in [0.717, 1.165) is 25.8 Å². The molecule has 1 fully saturated rings. The summed E-state index contributed by atoms with van der Waals surface area (Å²) in [5, 5.41) is 0. The number of carbonyl (C=O) groups excluding carboxylic acids is 2. The lowest BCUT2D eigenvalue weighted by Gasteiger charge is -2.16. The number of esters is 1. The molecule has 1 unspecified atom stereocenters. The van der Waals surface area contributed by atoms with E-state index in [1.807, 2.05) is 0 Å². The molecule has 2 heterocycles. The van der Waals surface area contributed by atoms with Gasteiger partial charge in [-0.1, -0.05) is 58.3 Å². The molecule has 30 heavy (non-hydrogen) atoms. The van der Waals surface area contributed by atoms with Crippen molar-refractivity contribution < 1.29 is 18.7 Å². The summed E-state index contributed by atoms with van der Waals surface area (Å²) >= 11 is 0. The lowest BCUT2D eigenvalue weighted by Crippen LogP contribution is -2.29. The highest BCUT2D eigenvalue weighted by atomic mass is 19.1. The minimum absolute atomic E-state index is 0.125. The second kappa shape index (κ2) is 14.2. The molecule has 6 heteroatoms. The van der Waals surface area contributed by atoms with Gasteiger partial charge in [0.05, 0.1) is 6.54 Å². The summed E-state index contributed by atoms with van der Waals surface area (Å²) in [4.78, 5) is 25.6. The van der Waals surface area contributed by atoms with E-state index in [4.69, 9.17) is 4.74 Å². The number of hydrogen-bond donors (Lipinski definition) is 0. The van der Waals surface area contributed by atoms with Gasteiger partial charge >= 0.3 is 5.97 Å².